The molecular weight excluding hydrogens is 174 g/mol. The smallest absolute Gasteiger partial charge is 0.00696 e. The highest BCUT2D eigenvalue weighted by molar-refractivity contribution is 8.00. The lowest BCUT2D eigenvalue weighted by Crippen LogP contribution is -2.24. The molecular formula is C8H17NS2. The minimum absolute atomic E-state index is 1.27. The summed E-state index contributed by atoms with van der Waals surface area (Å²) in [7, 11) is 2.22. The molecule has 1 fully saturated rings. The molecule has 1 heterocycles. The molecule has 0 spiro atoms. The Hall–Kier alpha value is 0.660. The Morgan fingerprint density at radius 2 is 1.45 bits per heavy atom. The zero-order chi connectivity index (χ0) is 7.94. The van der Waals surface area contributed by atoms with E-state index < -0.39 is 0 Å². The average Bonchev–Trinajstić information content (AvgIpc) is 2.03. The van der Waals surface area contributed by atoms with Crippen molar-refractivity contribution in [2.75, 3.05) is 43.1 Å². The monoisotopic (exact) mass is 191 g/mol. The summed E-state index contributed by atoms with van der Waals surface area (Å²) >= 11 is 4.20. The van der Waals surface area contributed by atoms with Crippen LogP contribution in [0.4, 0.5) is 0 Å². The van der Waals surface area contributed by atoms with Crippen LogP contribution in [0.2, 0.25) is 0 Å². The van der Waals surface area contributed by atoms with E-state index in [0.717, 1.165) is 0 Å². The van der Waals surface area contributed by atoms with Gasteiger partial charge in [0.15, 0.2) is 0 Å². The van der Waals surface area contributed by atoms with Gasteiger partial charge in [0.25, 0.3) is 0 Å². The van der Waals surface area contributed by atoms with E-state index in [4.69, 9.17) is 0 Å². The minimum Gasteiger partial charge on any atom is -0.305 e. The summed E-state index contributed by atoms with van der Waals surface area (Å²) in [5, 5.41) is 0. The van der Waals surface area contributed by atoms with Gasteiger partial charge in [0, 0.05) is 24.6 Å². The molecule has 3 heteroatoms. The fourth-order valence-corrected chi connectivity index (χ4v) is 3.19. The Balaban J connectivity index is 2.12. The van der Waals surface area contributed by atoms with Gasteiger partial charge in [0.1, 0.15) is 0 Å². The van der Waals surface area contributed by atoms with Gasteiger partial charge in [-0.05, 0) is 25.0 Å². The van der Waals surface area contributed by atoms with Crippen molar-refractivity contribution in [3.8, 4) is 0 Å². The molecule has 1 aliphatic heterocycles. The average molecular weight is 191 g/mol. The quantitative estimate of drug-likeness (QED) is 0.575. The highest BCUT2D eigenvalue weighted by Gasteiger charge is 2.00. The maximum Gasteiger partial charge on any atom is 0.00696 e. The van der Waals surface area contributed by atoms with Gasteiger partial charge < -0.3 is 4.90 Å². The van der Waals surface area contributed by atoms with Crippen LogP contribution in [-0.2, 0) is 0 Å². The van der Waals surface area contributed by atoms with E-state index in [0.29, 0.717) is 0 Å². The van der Waals surface area contributed by atoms with Gasteiger partial charge in [-0.2, -0.15) is 23.5 Å². The first-order valence-electron chi connectivity index (χ1n) is 4.23. The molecule has 0 unspecified atom stereocenters. The summed E-state index contributed by atoms with van der Waals surface area (Å²) in [6.07, 6.45) is 1.40. The standard InChI is InChI=1S/C8H17NS2/c1-9-3-7-10-5-2-6-11-8-4-9/h2-8H2,1H3. The summed E-state index contributed by atoms with van der Waals surface area (Å²) in [5.41, 5.74) is 0. The van der Waals surface area contributed by atoms with E-state index in [1.807, 2.05) is 0 Å². The zero-order valence-electron chi connectivity index (χ0n) is 7.21. The highest BCUT2D eigenvalue weighted by Crippen LogP contribution is 2.10. The molecule has 1 nitrogen and oxygen atoms in total. The van der Waals surface area contributed by atoms with Gasteiger partial charge in [-0.25, -0.2) is 0 Å². The fraction of sp³-hybridized carbons (Fsp3) is 1.00. The van der Waals surface area contributed by atoms with Crippen molar-refractivity contribution in [3.63, 3.8) is 0 Å². The topological polar surface area (TPSA) is 3.24 Å². The molecule has 1 aliphatic rings. The van der Waals surface area contributed by atoms with Gasteiger partial charge in [-0.1, -0.05) is 0 Å². The molecule has 0 aliphatic carbocycles. The number of nitrogens with zero attached hydrogens (tertiary/aromatic N) is 1. The summed E-state index contributed by atoms with van der Waals surface area (Å²) in [6, 6.07) is 0. The molecule has 66 valence electrons. The number of rotatable bonds is 0. The van der Waals surface area contributed by atoms with Crippen LogP contribution in [-0.4, -0.2) is 48.0 Å². The zero-order valence-corrected chi connectivity index (χ0v) is 8.85. The van der Waals surface area contributed by atoms with Crippen molar-refractivity contribution in [2.24, 2.45) is 0 Å². The Labute approximate surface area is 78.3 Å². The van der Waals surface area contributed by atoms with Crippen molar-refractivity contribution < 1.29 is 0 Å². The Bertz CT molecular complexity index is 88.1. The molecule has 0 aromatic carbocycles. The summed E-state index contributed by atoms with van der Waals surface area (Å²) in [6.45, 7) is 2.54. The molecule has 0 saturated carbocycles. The Morgan fingerprint density at radius 1 is 0.909 bits per heavy atom. The number of hydrogen-bond acceptors (Lipinski definition) is 3. The van der Waals surface area contributed by atoms with Crippen molar-refractivity contribution in [1.82, 2.24) is 4.90 Å². The van der Waals surface area contributed by atoms with Gasteiger partial charge in [-0.15, -0.1) is 0 Å². The van der Waals surface area contributed by atoms with Gasteiger partial charge >= 0.3 is 0 Å². The van der Waals surface area contributed by atoms with E-state index in [9.17, 15) is 0 Å². The van der Waals surface area contributed by atoms with E-state index in [-0.39, 0.29) is 0 Å². The van der Waals surface area contributed by atoms with Gasteiger partial charge in [0.2, 0.25) is 0 Å². The van der Waals surface area contributed by atoms with Gasteiger partial charge in [-0.3, -0.25) is 0 Å². The molecule has 0 atom stereocenters. The predicted octanol–water partition coefficient (Wildman–Crippen LogP) is 1.79. The molecule has 1 saturated heterocycles. The lowest BCUT2D eigenvalue weighted by atomic mass is 10.6. The first-order valence-corrected chi connectivity index (χ1v) is 6.54. The molecule has 0 N–H and O–H groups in total. The molecule has 0 amide bonds. The number of thioether (sulfide) groups is 2. The Kier molecular flexibility index (Phi) is 5.50. The SMILES string of the molecule is CN1CCSCCCSCC1. The van der Waals surface area contributed by atoms with Crippen LogP contribution in [0.15, 0.2) is 0 Å². The van der Waals surface area contributed by atoms with Crippen molar-refractivity contribution in [3.05, 3.63) is 0 Å². The van der Waals surface area contributed by atoms with Crippen molar-refractivity contribution in [2.45, 2.75) is 6.42 Å². The third-order valence-corrected chi connectivity index (χ3v) is 3.91. The maximum atomic E-state index is 2.44. The number of hydrogen-bond donors (Lipinski definition) is 0. The molecule has 1 rings (SSSR count). The molecule has 0 bridgehead atoms. The minimum atomic E-state index is 1.27. The first-order chi connectivity index (χ1) is 5.39. The largest absolute Gasteiger partial charge is 0.305 e. The van der Waals surface area contributed by atoms with Gasteiger partial charge in [0.05, 0.1) is 0 Å². The second-order valence-corrected chi connectivity index (χ2v) is 5.33. The summed E-state index contributed by atoms with van der Waals surface area (Å²) in [5.74, 6) is 5.37. The normalized spacial score (nSPS) is 24.8. The molecule has 0 radical (unpaired) electrons. The lowest BCUT2D eigenvalue weighted by molar-refractivity contribution is 0.379. The summed E-state index contributed by atoms with van der Waals surface area (Å²) in [4.78, 5) is 2.44. The first kappa shape index (κ1) is 9.75. The maximum absolute atomic E-state index is 2.44. The highest BCUT2D eigenvalue weighted by atomic mass is 32.2. The van der Waals surface area contributed by atoms with Crippen LogP contribution in [0.3, 0.4) is 0 Å². The third-order valence-electron chi connectivity index (χ3n) is 1.81. The van der Waals surface area contributed by atoms with Crippen LogP contribution >= 0.6 is 23.5 Å². The van der Waals surface area contributed by atoms with Crippen LogP contribution < -0.4 is 0 Å². The van der Waals surface area contributed by atoms with Crippen LogP contribution in [0, 0.1) is 0 Å². The fourth-order valence-electron chi connectivity index (χ4n) is 1.02. The molecule has 0 aromatic rings. The third kappa shape index (κ3) is 4.99. The van der Waals surface area contributed by atoms with E-state index in [2.05, 4.69) is 35.5 Å². The van der Waals surface area contributed by atoms with Crippen LogP contribution in [0.25, 0.3) is 0 Å². The van der Waals surface area contributed by atoms with E-state index >= 15 is 0 Å². The molecule has 0 aromatic heterocycles. The Morgan fingerprint density at radius 3 is 2.00 bits per heavy atom. The second kappa shape index (κ2) is 6.21. The van der Waals surface area contributed by atoms with Crippen LogP contribution in [0.1, 0.15) is 6.42 Å². The van der Waals surface area contributed by atoms with Crippen molar-refractivity contribution >= 4 is 23.5 Å². The summed E-state index contributed by atoms with van der Waals surface area (Å²) < 4.78 is 0. The predicted molar refractivity (Wildman–Crippen MR) is 56.8 cm³/mol. The lowest BCUT2D eigenvalue weighted by Gasteiger charge is -2.17. The van der Waals surface area contributed by atoms with E-state index in [1.165, 1.54) is 42.5 Å². The van der Waals surface area contributed by atoms with E-state index in [1.54, 1.807) is 0 Å². The van der Waals surface area contributed by atoms with Crippen molar-refractivity contribution in [1.29, 1.82) is 0 Å². The molecule has 11 heavy (non-hydrogen) atoms. The van der Waals surface area contributed by atoms with Crippen LogP contribution in [0.5, 0.6) is 0 Å². The second-order valence-electron chi connectivity index (χ2n) is 2.88.